The monoisotopic (exact) mass is 341 g/mol. The van der Waals surface area contributed by atoms with Gasteiger partial charge in [-0.05, 0) is 38.8 Å². The largest absolute Gasteiger partial charge is 0.390 e. The van der Waals surface area contributed by atoms with E-state index in [0.717, 1.165) is 12.8 Å². The molecule has 3 N–H and O–H groups in total. The summed E-state index contributed by atoms with van der Waals surface area (Å²) < 4.78 is 28.8. The Morgan fingerprint density at radius 3 is 2.43 bits per heavy atom. The Balaban J connectivity index is 1.82. The van der Waals surface area contributed by atoms with Crippen LogP contribution >= 0.6 is 0 Å². The number of likely N-dealkylation sites (tertiary alicyclic amines) is 1. The second-order valence-electron chi connectivity index (χ2n) is 6.30. The second kappa shape index (κ2) is 8.10. The molecule has 23 heavy (non-hydrogen) atoms. The van der Waals surface area contributed by atoms with Crippen LogP contribution in [-0.4, -0.2) is 49.7 Å². The molecule has 0 aromatic heterocycles. The van der Waals surface area contributed by atoms with E-state index < -0.39 is 16.3 Å². The highest BCUT2D eigenvalue weighted by molar-refractivity contribution is 7.90. The Morgan fingerprint density at radius 2 is 1.83 bits per heavy atom. The van der Waals surface area contributed by atoms with E-state index in [1.807, 2.05) is 6.07 Å². The van der Waals surface area contributed by atoms with Crippen molar-refractivity contribution >= 4 is 15.9 Å². The van der Waals surface area contributed by atoms with Crippen LogP contribution in [0.15, 0.2) is 30.3 Å². The average molecular weight is 341 g/mol. The minimum Gasteiger partial charge on any atom is -0.390 e. The van der Waals surface area contributed by atoms with Crippen molar-refractivity contribution in [3.8, 4) is 0 Å². The molecule has 3 atom stereocenters. The molecule has 0 spiro atoms. The van der Waals surface area contributed by atoms with Crippen molar-refractivity contribution in [2.75, 3.05) is 17.8 Å². The molecule has 1 heterocycles. The van der Waals surface area contributed by atoms with Gasteiger partial charge < -0.3 is 5.11 Å². The summed E-state index contributed by atoms with van der Waals surface area (Å²) in [6.07, 6.45) is 2.73. The Kier molecular flexibility index (Phi) is 6.41. The van der Waals surface area contributed by atoms with E-state index in [4.69, 9.17) is 0 Å². The molecule has 7 heteroatoms. The molecule has 6 nitrogen and oxygen atoms in total. The van der Waals surface area contributed by atoms with Gasteiger partial charge in [0.25, 0.3) is 10.2 Å². The fourth-order valence-electron chi connectivity index (χ4n) is 3.05. The Bertz CT molecular complexity index is 569. The van der Waals surface area contributed by atoms with E-state index in [9.17, 15) is 13.5 Å². The van der Waals surface area contributed by atoms with E-state index in [1.54, 1.807) is 24.3 Å². The first-order valence-corrected chi connectivity index (χ1v) is 9.62. The van der Waals surface area contributed by atoms with Crippen LogP contribution in [0, 0.1) is 0 Å². The first kappa shape index (κ1) is 18.2. The quantitative estimate of drug-likeness (QED) is 0.703. The predicted molar refractivity (Wildman–Crippen MR) is 92.5 cm³/mol. The van der Waals surface area contributed by atoms with Gasteiger partial charge in [0.15, 0.2) is 0 Å². The summed E-state index contributed by atoms with van der Waals surface area (Å²) in [7, 11) is -3.68. The highest BCUT2D eigenvalue weighted by Crippen LogP contribution is 2.22. The zero-order valence-corrected chi connectivity index (χ0v) is 14.6. The van der Waals surface area contributed by atoms with E-state index in [1.165, 1.54) is 6.42 Å². The van der Waals surface area contributed by atoms with Gasteiger partial charge in [0, 0.05) is 30.9 Å². The maximum atomic E-state index is 12.0. The molecule has 0 amide bonds. The van der Waals surface area contributed by atoms with Gasteiger partial charge in [-0.25, -0.2) is 0 Å². The predicted octanol–water partition coefficient (Wildman–Crippen LogP) is 1.56. The van der Waals surface area contributed by atoms with Gasteiger partial charge in [0.05, 0.1) is 6.10 Å². The molecule has 130 valence electrons. The summed E-state index contributed by atoms with van der Waals surface area (Å²) in [5, 5.41) is 10.2. The van der Waals surface area contributed by atoms with Crippen molar-refractivity contribution in [1.82, 2.24) is 9.62 Å². The summed E-state index contributed by atoms with van der Waals surface area (Å²) in [6.45, 7) is 4.79. The summed E-state index contributed by atoms with van der Waals surface area (Å²) >= 11 is 0. The highest BCUT2D eigenvalue weighted by Gasteiger charge is 2.26. The number of aliphatic hydroxyl groups is 1. The lowest BCUT2D eigenvalue weighted by molar-refractivity contribution is 0.0438. The molecule has 1 aliphatic rings. The van der Waals surface area contributed by atoms with Gasteiger partial charge in [0.1, 0.15) is 0 Å². The number of piperidine rings is 1. The number of hydrogen-bond acceptors (Lipinski definition) is 4. The third kappa shape index (κ3) is 5.76. The van der Waals surface area contributed by atoms with Crippen LogP contribution in [0.4, 0.5) is 5.69 Å². The molecule has 1 aromatic rings. The topological polar surface area (TPSA) is 81.7 Å². The number of benzene rings is 1. The third-order valence-corrected chi connectivity index (χ3v) is 5.38. The highest BCUT2D eigenvalue weighted by atomic mass is 32.2. The molecule has 0 saturated carbocycles. The minimum absolute atomic E-state index is 0.00188. The van der Waals surface area contributed by atoms with Gasteiger partial charge in [-0.3, -0.25) is 9.62 Å². The first-order chi connectivity index (χ1) is 10.9. The molecular formula is C16H27N3O3S. The maximum Gasteiger partial charge on any atom is 0.299 e. The molecule has 0 aliphatic carbocycles. The van der Waals surface area contributed by atoms with E-state index in [2.05, 4.69) is 28.2 Å². The molecule has 1 aliphatic heterocycles. The maximum absolute atomic E-state index is 12.0. The number of β-amino-alcohol motifs (C(OH)–C–C–N with tert-alkyl or cyclic N) is 1. The van der Waals surface area contributed by atoms with Gasteiger partial charge in [0.2, 0.25) is 0 Å². The van der Waals surface area contributed by atoms with E-state index in [0.29, 0.717) is 24.3 Å². The lowest BCUT2D eigenvalue weighted by atomic mass is 9.97. The molecule has 0 radical (unpaired) electrons. The van der Waals surface area contributed by atoms with Crippen molar-refractivity contribution in [3.63, 3.8) is 0 Å². The summed E-state index contributed by atoms with van der Waals surface area (Å²) in [4.78, 5) is 2.26. The molecular weight excluding hydrogens is 314 g/mol. The second-order valence-corrected chi connectivity index (χ2v) is 7.80. The molecule has 1 aromatic carbocycles. The van der Waals surface area contributed by atoms with Gasteiger partial charge in [-0.2, -0.15) is 13.1 Å². The fourth-order valence-corrected chi connectivity index (χ4v) is 3.98. The first-order valence-electron chi connectivity index (χ1n) is 8.13. The lowest BCUT2D eigenvalue weighted by Crippen LogP contribution is -2.49. The van der Waals surface area contributed by atoms with Crippen molar-refractivity contribution in [1.29, 1.82) is 0 Å². The van der Waals surface area contributed by atoms with Crippen molar-refractivity contribution in [2.45, 2.75) is 51.3 Å². The van der Waals surface area contributed by atoms with Crippen LogP contribution in [0.2, 0.25) is 0 Å². The van der Waals surface area contributed by atoms with E-state index in [-0.39, 0.29) is 6.54 Å². The van der Waals surface area contributed by atoms with Crippen LogP contribution in [0.25, 0.3) is 0 Å². The van der Waals surface area contributed by atoms with Crippen LogP contribution in [0.1, 0.15) is 33.1 Å². The lowest BCUT2D eigenvalue weighted by Gasteiger charge is -2.40. The van der Waals surface area contributed by atoms with E-state index >= 15 is 0 Å². The Morgan fingerprint density at radius 1 is 1.22 bits per heavy atom. The van der Waals surface area contributed by atoms with Crippen molar-refractivity contribution in [2.24, 2.45) is 0 Å². The zero-order chi connectivity index (χ0) is 16.9. The summed E-state index contributed by atoms with van der Waals surface area (Å²) in [5.41, 5.74) is 0.493. The number of rotatable bonds is 7. The number of nitrogens with one attached hydrogen (secondary N) is 2. The Hall–Kier alpha value is -1.15. The number of anilines is 1. The van der Waals surface area contributed by atoms with Gasteiger partial charge >= 0.3 is 0 Å². The molecule has 0 bridgehead atoms. The molecule has 1 saturated heterocycles. The van der Waals surface area contributed by atoms with Crippen LogP contribution in [0.3, 0.4) is 0 Å². The van der Waals surface area contributed by atoms with Crippen LogP contribution in [0.5, 0.6) is 0 Å². The smallest absolute Gasteiger partial charge is 0.299 e. The summed E-state index contributed by atoms with van der Waals surface area (Å²) in [5.74, 6) is 0. The van der Waals surface area contributed by atoms with Crippen LogP contribution < -0.4 is 9.44 Å². The molecule has 2 rings (SSSR count). The number of hydrogen-bond donors (Lipinski definition) is 3. The number of para-hydroxylation sites is 1. The number of nitrogens with zero attached hydrogens (tertiary/aromatic N) is 1. The summed E-state index contributed by atoms with van der Waals surface area (Å²) in [6, 6.07) is 9.52. The van der Waals surface area contributed by atoms with Crippen molar-refractivity contribution in [3.05, 3.63) is 30.3 Å². The van der Waals surface area contributed by atoms with Crippen LogP contribution in [-0.2, 0) is 10.2 Å². The Labute approximate surface area is 139 Å². The molecule has 1 fully saturated rings. The fraction of sp³-hybridized carbons (Fsp3) is 0.625. The minimum atomic E-state index is -3.68. The average Bonchev–Trinajstić information content (AvgIpc) is 2.50. The number of aliphatic hydroxyl groups excluding tert-OH is 1. The van der Waals surface area contributed by atoms with Crippen molar-refractivity contribution < 1.29 is 13.5 Å². The standard InChI is InChI=1S/C16H27N3O3S/c1-13-7-6-8-14(2)19(13)12-16(20)11-17-23(21,22)18-15-9-4-3-5-10-15/h3-5,9-10,13-14,16-18,20H,6-8,11-12H2,1-2H3/t13-,14+,16-/m0/s1. The van der Waals surface area contributed by atoms with Gasteiger partial charge in [-0.15, -0.1) is 0 Å². The normalized spacial score (nSPS) is 24.3. The molecule has 0 unspecified atom stereocenters. The zero-order valence-electron chi connectivity index (χ0n) is 13.8. The van der Waals surface area contributed by atoms with Gasteiger partial charge in [-0.1, -0.05) is 24.6 Å². The SMILES string of the molecule is C[C@@H]1CCC[C@H](C)N1C[C@@H](O)CNS(=O)(=O)Nc1ccccc1. The third-order valence-electron chi connectivity index (χ3n) is 4.33.